The quantitative estimate of drug-likeness (QED) is 0.376. The highest BCUT2D eigenvalue weighted by molar-refractivity contribution is 8.04. The van der Waals surface area contributed by atoms with E-state index in [1.807, 2.05) is 0 Å². The minimum Gasteiger partial charge on any atom is -0.466 e. The number of amides is 1. The van der Waals surface area contributed by atoms with Crippen molar-refractivity contribution in [1.29, 1.82) is 0 Å². The molecule has 0 spiro atoms. The van der Waals surface area contributed by atoms with Crippen LogP contribution in [0.15, 0.2) is 23.2 Å². The van der Waals surface area contributed by atoms with Gasteiger partial charge in [-0.15, -0.1) is 10.2 Å². The highest BCUT2D eigenvalue weighted by atomic mass is 32.2. The summed E-state index contributed by atoms with van der Waals surface area (Å²) in [5.41, 5.74) is 0.155. The van der Waals surface area contributed by atoms with Gasteiger partial charge in [-0.3, -0.25) is 4.79 Å². The monoisotopic (exact) mass is 406 g/mol. The Labute approximate surface area is 167 Å². The number of anilines is 1. The number of thioether (sulfide) groups is 1. The summed E-state index contributed by atoms with van der Waals surface area (Å²) in [5.74, 6) is -0.0990. The molecular weight excluding hydrogens is 384 g/mol. The van der Waals surface area contributed by atoms with Gasteiger partial charge in [0.15, 0.2) is 11.5 Å². The van der Waals surface area contributed by atoms with Crippen LogP contribution in [0.4, 0.5) is 5.82 Å². The van der Waals surface area contributed by atoms with Crippen molar-refractivity contribution in [2.24, 2.45) is 0 Å². The van der Waals surface area contributed by atoms with Gasteiger partial charge in [-0.2, -0.15) is 0 Å². The Morgan fingerprint density at radius 1 is 1.25 bits per heavy atom. The molecule has 0 bridgehead atoms. The van der Waals surface area contributed by atoms with Crippen LogP contribution in [0.5, 0.6) is 0 Å². The Hall–Kier alpha value is -2.62. The number of rotatable bonds is 7. The van der Waals surface area contributed by atoms with Gasteiger partial charge in [0, 0.05) is 19.6 Å². The molecule has 3 heterocycles. The van der Waals surface area contributed by atoms with Crippen molar-refractivity contribution in [3.05, 3.63) is 28.9 Å². The summed E-state index contributed by atoms with van der Waals surface area (Å²) in [4.78, 5) is 39.0. The number of hydrogen-bond donors (Lipinski definition) is 0. The van der Waals surface area contributed by atoms with E-state index < -0.39 is 11.9 Å². The molecule has 2 aliphatic rings. The fourth-order valence-corrected chi connectivity index (χ4v) is 3.89. The summed E-state index contributed by atoms with van der Waals surface area (Å²) in [6, 6.07) is 3.39. The van der Waals surface area contributed by atoms with E-state index in [-0.39, 0.29) is 24.0 Å². The third kappa shape index (κ3) is 5.00. The summed E-state index contributed by atoms with van der Waals surface area (Å²) >= 11 is 1.28. The molecule has 1 aromatic heterocycles. The lowest BCUT2D eigenvalue weighted by Crippen LogP contribution is -2.27. The van der Waals surface area contributed by atoms with Gasteiger partial charge in [0.25, 0.3) is 0 Å². The molecule has 0 radical (unpaired) electrons. The maximum absolute atomic E-state index is 12.1. The topological polar surface area (TPSA) is 102 Å². The third-order valence-corrected chi connectivity index (χ3v) is 5.43. The van der Waals surface area contributed by atoms with Crippen LogP contribution in [0.2, 0.25) is 0 Å². The Morgan fingerprint density at radius 2 is 2.04 bits per heavy atom. The summed E-state index contributed by atoms with van der Waals surface area (Å²) < 4.78 is 9.81. The van der Waals surface area contributed by atoms with E-state index in [4.69, 9.17) is 4.74 Å². The van der Waals surface area contributed by atoms with Gasteiger partial charge in [-0.1, -0.05) is 11.8 Å². The maximum Gasteiger partial charge on any atom is 0.358 e. The van der Waals surface area contributed by atoms with Crippen molar-refractivity contribution < 1.29 is 23.9 Å². The van der Waals surface area contributed by atoms with Crippen molar-refractivity contribution in [1.82, 2.24) is 15.1 Å². The number of carbonyl (C=O) groups excluding carboxylic acids is 3. The molecular formula is C18H22N4O5S. The molecule has 1 amide bonds. The van der Waals surface area contributed by atoms with Crippen LogP contribution < -0.4 is 4.90 Å². The highest BCUT2D eigenvalue weighted by Gasteiger charge is 2.27. The van der Waals surface area contributed by atoms with Crippen molar-refractivity contribution in [3.63, 3.8) is 0 Å². The minimum atomic E-state index is -0.548. The molecule has 3 rings (SSSR count). The summed E-state index contributed by atoms with van der Waals surface area (Å²) in [7, 11) is 1.28. The predicted molar refractivity (Wildman–Crippen MR) is 103 cm³/mol. The number of esters is 2. The van der Waals surface area contributed by atoms with Gasteiger partial charge >= 0.3 is 11.9 Å². The second-order valence-electron chi connectivity index (χ2n) is 6.30. The third-order valence-electron chi connectivity index (χ3n) is 4.40. The van der Waals surface area contributed by atoms with E-state index in [0.717, 1.165) is 31.7 Å². The van der Waals surface area contributed by atoms with Gasteiger partial charge < -0.3 is 19.3 Å². The first-order chi connectivity index (χ1) is 13.6. The van der Waals surface area contributed by atoms with Crippen molar-refractivity contribution in [2.75, 3.05) is 44.0 Å². The van der Waals surface area contributed by atoms with Crippen LogP contribution in [-0.4, -0.2) is 72.0 Å². The molecule has 28 heavy (non-hydrogen) atoms. The largest absolute Gasteiger partial charge is 0.466 e. The van der Waals surface area contributed by atoms with Crippen LogP contribution in [0.25, 0.3) is 0 Å². The Balaban J connectivity index is 1.45. The number of carbonyl (C=O) groups is 3. The second-order valence-corrected chi connectivity index (χ2v) is 7.30. The average molecular weight is 406 g/mol. The highest BCUT2D eigenvalue weighted by Crippen LogP contribution is 2.28. The molecule has 1 aromatic rings. The SMILES string of the molecule is COC(=O)/C=C1/SCC(=O)N1CCCOC(=O)c1ccc(N2CCCC2)nn1. The fraction of sp³-hybridized carbons (Fsp3) is 0.500. The van der Waals surface area contributed by atoms with E-state index in [2.05, 4.69) is 19.8 Å². The van der Waals surface area contributed by atoms with Crippen LogP contribution in [-0.2, 0) is 19.1 Å². The number of aromatic nitrogens is 2. The van der Waals surface area contributed by atoms with E-state index in [1.54, 1.807) is 12.1 Å². The average Bonchev–Trinajstić information content (AvgIpc) is 3.36. The molecule has 0 atom stereocenters. The molecule has 0 aliphatic carbocycles. The van der Waals surface area contributed by atoms with E-state index in [1.165, 1.54) is 29.8 Å². The zero-order valence-electron chi connectivity index (χ0n) is 15.6. The number of nitrogens with zero attached hydrogens (tertiary/aromatic N) is 4. The zero-order valence-corrected chi connectivity index (χ0v) is 16.4. The Bertz CT molecular complexity index is 762. The molecule has 0 aromatic carbocycles. The maximum atomic E-state index is 12.1. The first-order valence-corrected chi connectivity index (χ1v) is 10.1. The Morgan fingerprint density at radius 3 is 2.71 bits per heavy atom. The van der Waals surface area contributed by atoms with Crippen LogP contribution in [0.3, 0.4) is 0 Å². The first kappa shape index (κ1) is 20.1. The van der Waals surface area contributed by atoms with Crippen molar-refractivity contribution in [2.45, 2.75) is 19.3 Å². The lowest BCUT2D eigenvalue weighted by Gasteiger charge is -2.16. The molecule has 0 unspecified atom stereocenters. The summed E-state index contributed by atoms with van der Waals surface area (Å²) in [6.45, 7) is 2.40. The molecule has 2 saturated heterocycles. The molecule has 0 N–H and O–H groups in total. The van der Waals surface area contributed by atoms with Gasteiger partial charge in [-0.25, -0.2) is 9.59 Å². The molecule has 10 heteroatoms. The molecule has 9 nitrogen and oxygen atoms in total. The smallest absolute Gasteiger partial charge is 0.358 e. The molecule has 2 aliphatic heterocycles. The standard InChI is InChI=1S/C18H22N4O5S/c1-26-17(24)11-16-22(15(23)12-28-16)9-4-10-27-18(25)13-5-6-14(20-19-13)21-7-2-3-8-21/h5-6,11H,2-4,7-10,12H2,1H3/b16-11+. The number of methoxy groups -OCH3 is 1. The van der Waals surface area contributed by atoms with Gasteiger partial charge in [0.05, 0.1) is 30.6 Å². The normalized spacial score (nSPS) is 18.0. The van der Waals surface area contributed by atoms with E-state index in [9.17, 15) is 14.4 Å². The molecule has 2 fully saturated rings. The molecule has 0 saturated carbocycles. The van der Waals surface area contributed by atoms with E-state index in [0.29, 0.717) is 18.0 Å². The van der Waals surface area contributed by atoms with Crippen molar-refractivity contribution in [3.8, 4) is 0 Å². The van der Waals surface area contributed by atoms with E-state index >= 15 is 0 Å². The van der Waals surface area contributed by atoms with Crippen LogP contribution in [0, 0.1) is 0 Å². The Kier molecular flexibility index (Phi) is 6.85. The lowest BCUT2D eigenvalue weighted by molar-refractivity contribution is -0.134. The fourth-order valence-electron chi connectivity index (χ4n) is 2.94. The predicted octanol–water partition coefficient (Wildman–Crippen LogP) is 1.21. The minimum absolute atomic E-state index is 0.0881. The zero-order chi connectivity index (χ0) is 19.9. The lowest BCUT2D eigenvalue weighted by atomic mass is 10.3. The van der Waals surface area contributed by atoms with Gasteiger partial charge in [0.2, 0.25) is 5.91 Å². The van der Waals surface area contributed by atoms with Crippen LogP contribution >= 0.6 is 11.8 Å². The van der Waals surface area contributed by atoms with Gasteiger partial charge in [-0.05, 0) is 31.4 Å². The number of ether oxygens (including phenoxy) is 2. The van der Waals surface area contributed by atoms with Gasteiger partial charge in [0.1, 0.15) is 0 Å². The summed E-state index contributed by atoms with van der Waals surface area (Å²) in [5, 5.41) is 8.60. The van der Waals surface area contributed by atoms with Crippen molar-refractivity contribution >= 4 is 35.4 Å². The second kappa shape index (κ2) is 9.54. The first-order valence-electron chi connectivity index (χ1n) is 9.07. The summed E-state index contributed by atoms with van der Waals surface area (Å²) in [6.07, 6.45) is 4.01. The molecule has 150 valence electrons. The number of hydrogen-bond acceptors (Lipinski definition) is 9. The van der Waals surface area contributed by atoms with Crippen LogP contribution in [0.1, 0.15) is 29.8 Å².